The smallest absolute Gasteiger partial charge is 0.201 e. The van der Waals surface area contributed by atoms with Crippen LogP contribution >= 0.6 is 0 Å². The zero-order chi connectivity index (χ0) is 24.4. The number of hydrogen-bond acceptors (Lipinski definition) is 7. The fourth-order valence-corrected chi connectivity index (χ4v) is 4.22. The first-order chi connectivity index (χ1) is 17.0. The van der Waals surface area contributed by atoms with Crippen LogP contribution in [0.3, 0.4) is 0 Å². The number of aliphatic hydroxyl groups is 1. The molecule has 1 unspecified atom stereocenters. The normalized spacial score (nSPS) is 15.4. The summed E-state index contributed by atoms with van der Waals surface area (Å²) in [7, 11) is 0. The fraction of sp³-hybridized carbons (Fsp3) is 0.280. The minimum Gasteiger partial charge on any atom is -0.494 e. The van der Waals surface area contributed by atoms with Crippen molar-refractivity contribution in [1.29, 1.82) is 0 Å². The van der Waals surface area contributed by atoms with Gasteiger partial charge in [-0.2, -0.15) is 0 Å². The monoisotopic (exact) mass is 481 g/mol. The fourth-order valence-electron chi connectivity index (χ4n) is 4.22. The zero-order valence-corrected chi connectivity index (χ0v) is 18.8. The van der Waals surface area contributed by atoms with Gasteiger partial charge in [0, 0.05) is 37.6 Å². The predicted molar refractivity (Wildman–Crippen MR) is 127 cm³/mol. The van der Waals surface area contributed by atoms with Crippen LogP contribution in [0, 0.1) is 11.6 Å². The van der Waals surface area contributed by atoms with Crippen molar-refractivity contribution in [3.05, 3.63) is 65.9 Å². The van der Waals surface area contributed by atoms with Crippen LogP contribution in [0.2, 0.25) is 0 Å². The maximum absolute atomic E-state index is 14.4. The molecule has 10 heteroatoms. The van der Waals surface area contributed by atoms with Crippen LogP contribution in [-0.2, 0) is 11.2 Å². The summed E-state index contributed by atoms with van der Waals surface area (Å²) in [5.74, 6) is -1.68. The van der Waals surface area contributed by atoms with Gasteiger partial charge in [-0.15, -0.1) is 0 Å². The number of fused-ring (bicyclic) bond motifs is 1. The molecule has 2 aromatic carbocycles. The third-order valence-corrected chi connectivity index (χ3v) is 6.00. The minimum absolute atomic E-state index is 0.145. The molecular formula is C25H25F2N5O3. The molecule has 1 aliphatic rings. The number of anilines is 2. The van der Waals surface area contributed by atoms with Crippen molar-refractivity contribution in [3.8, 4) is 17.3 Å². The topological polar surface area (TPSA) is 115 Å². The highest BCUT2D eigenvalue weighted by Gasteiger charge is 2.20. The molecule has 35 heavy (non-hydrogen) atoms. The van der Waals surface area contributed by atoms with Gasteiger partial charge in [-0.1, -0.05) is 18.2 Å². The van der Waals surface area contributed by atoms with Gasteiger partial charge < -0.3 is 25.3 Å². The first kappa shape index (κ1) is 23.2. The van der Waals surface area contributed by atoms with Crippen molar-refractivity contribution < 1.29 is 23.7 Å². The number of benzene rings is 2. The molecule has 1 saturated heterocycles. The average Bonchev–Trinajstić information content (AvgIpc) is 3.22. The van der Waals surface area contributed by atoms with Crippen molar-refractivity contribution >= 4 is 22.4 Å². The summed E-state index contributed by atoms with van der Waals surface area (Å²) in [5, 5.41) is 27.3. The van der Waals surface area contributed by atoms with Crippen LogP contribution in [0.4, 0.5) is 20.3 Å². The van der Waals surface area contributed by atoms with Gasteiger partial charge in [-0.3, -0.25) is 5.32 Å². The Kier molecular flexibility index (Phi) is 6.58. The Hall–Kier alpha value is -3.60. The number of hydrogen-bond donors (Lipinski definition) is 5. The quantitative estimate of drug-likeness (QED) is 0.254. The van der Waals surface area contributed by atoms with E-state index >= 15 is 0 Å². The first-order valence-corrected chi connectivity index (χ1v) is 11.4. The SMILES string of the molecule is Oc1[nH]cc2nc(-c3c(F)cccc3F)nc(Nc3ccc(CC(O)NC4CCOCC4)cc3)c12. The second kappa shape index (κ2) is 9.95. The molecule has 0 aliphatic carbocycles. The van der Waals surface area contributed by atoms with Gasteiger partial charge in [0.25, 0.3) is 0 Å². The van der Waals surface area contributed by atoms with E-state index in [1.807, 2.05) is 12.1 Å². The Bertz CT molecular complexity index is 1300. The molecule has 0 amide bonds. The molecule has 2 aromatic heterocycles. The summed E-state index contributed by atoms with van der Waals surface area (Å²) in [5.41, 5.74) is 1.52. The number of nitrogens with one attached hydrogen (secondary N) is 3. The van der Waals surface area contributed by atoms with Crippen molar-refractivity contribution in [2.24, 2.45) is 0 Å². The van der Waals surface area contributed by atoms with Gasteiger partial charge in [0.05, 0.1) is 11.1 Å². The third kappa shape index (κ3) is 5.09. The number of ether oxygens (including phenoxy) is 1. The highest BCUT2D eigenvalue weighted by molar-refractivity contribution is 5.96. The Balaban J connectivity index is 1.36. The molecule has 0 bridgehead atoms. The Labute approximate surface area is 200 Å². The number of aliphatic hydroxyl groups excluding tert-OH is 1. The lowest BCUT2D eigenvalue weighted by atomic mass is 10.1. The molecule has 182 valence electrons. The molecule has 5 rings (SSSR count). The number of nitrogens with zero attached hydrogens (tertiary/aromatic N) is 2. The average molecular weight is 482 g/mol. The summed E-state index contributed by atoms with van der Waals surface area (Å²) in [6, 6.07) is 11.1. The van der Waals surface area contributed by atoms with Crippen LogP contribution in [0.1, 0.15) is 18.4 Å². The molecule has 4 aromatic rings. The van der Waals surface area contributed by atoms with Crippen LogP contribution in [0.5, 0.6) is 5.88 Å². The number of halogens is 2. The molecule has 1 aliphatic heterocycles. The van der Waals surface area contributed by atoms with Crippen molar-refractivity contribution in [3.63, 3.8) is 0 Å². The van der Waals surface area contributed by atoms with E-state index < -0.39 is 17.9 Å². The summed E-state index contributed by atoms with van der Waals surface area (Å²) in [6.45, 7) is 1.39. The third-order valence-electron chi connectivity index (χ3n) is 6.00. The first-order valence-electron chi connectivity index (χ1n) is 11.4. The maximum Gasteiger partial charge on any atom is 0.201 e. The van der Waals surface area contributed by atoms with Crippen molar-refractivity contribution in [2.45, 2.75) is 31.5 Å². The van der Waals surface area contributed by atoms with Crippen LogP contribution in [0.15, 0.2) is 48.7 Å². The van der Waals surface area contributed by atoms with Gasteiger partial charge in [-0.25, -0.2) is 18.7 Å². The van der Waals surface area contributed by atoms with E-state index in [0.717, 1.165) is 30.5 Å². The summed E-state index contributed by atoms with van der Waals surface area (Å²) in [6.07, 6.45) is 2.95. The molecule has 8 nitrogen and oxygen atoms in total. The van der Waals surface area contributed by atoms with Gasteiger partial charge in [0.1, 0.15) is 29.1 Å². The van der Waals surface area contributed by atoms with E-state index in [2.05, 4.69) is 25.6 Å². The molecule has 1 atom stereocenters. The van der Waals surface area contributed by atoms with E-state index in [9.17, 15) is 19.0 Å². The number of aromatic nitrogens is 3. The van der Waals surface area contributed by atoms with Crippen LogP contribution in [-0.4, -0.2) is 50.6 Å². The Morgan fingerprint density at radius 2 is 1.77 bits per heavy atom. The molecule has 3 heterocycles. The lowest BCUT2D eigenvalue weighted by Crippen LogP contribution is -2.42. The number of aromatic amines is 1. The Morgan fingerprint density at radius 1 is 1.06 bits per heavy atom. The molecule has 0 radical (unpaired) electrons. The molecule has 1 fully saturated rings. The zero-order valence-electron chi connectivity index (χ0n) is 18.8. The summed E-state index contributed by atoms with van der Waals surface area (Å²) in [4.78, 5) is 11.2. The summed E-state index contributed by atoms with van der Waals surface area (Å²) >= 11 is 0. The Morgan fingerprint density at radius 3 is 2.49 bits per heavy atom. The molecule has 5 N–H and O–H groups in total. The van der Waals surface area contributed by atoms with E-state index in [1.54, 1.807) is 12.1 Å². The van der Waals surface area contributed by atoms with E-state index in [0.29, 0.717) is 36.2 Å². The van der Waals surface area contributed by atoms with Gasteiger partial charge in [0.2, 0.25) is 5.88 Å². The maximum atomic E-state index is 14.4. The van der Waals surface area contributed by atoms with Gasteiger partial charge in [-0.05, 0) is 42.7 Å². The van der Waals surface area contributed by atoms with Crippen molar-refractivity contribution in [2.75, 3.05) is 18.5 Å². The van der Waals surface area contributed by atoms with Crippen molar-refractivity contribution in [1.82, 2.24) is 20.3 Å². The molecule has 0 saturated carbocycles. The second-order valence-electron chi connectivity index (χ2n) is 8.49. The van der Waals surface area contributed by atoms with E-state index in [1.165, 1.54) is 12.3 Å². The van der Waals surface area contributed by atoms with Gasteiger partial charge >= 0.3 is 0 Å². The summed E-state index contributed by atoms with van der Waals surface area (Å²) < 4.78 is 34.1. The minimum atomic E-state index is -0.785. The predicted octanol–water partition coefficient (Wildman–Crippen LogP) is 3.98. The van der Waals surface area contributed by atoms with E-state index in [4.69, 9.17) is 4.74 Å². The number of rotatable bonds is 7. The van der Waals surface area contributed by atoms with Gasteiger partial charge in [0.15, 0.2) is 5.82 Å². The van der Waals surface area contributed by atoms with Crippen LogP contribution < -0.4 is 10.6 Å². The number of aromatic hydroxyl groups is 1. The second-order valence-corrected chi connectivity index (χ2v) is 8.49. The van der Waals surface area contributed by atoms with E-state index in [-0.39, 0.29) is 29.1 Å². The van der Waals surface area contributed by atoms with Crippen LogP contribution in [0.25, 0.3) is 22.3 Å². The lowest BCUT2D eigenvalue weighted by Gasteiger charge is -2.26. The number of H-pyrrole nitrogens is 1. The standard InChI is InChI=1S/C25H25F2N5O3/c26-17-2-1-3-18(27)21(17)23-31-19-13-28-25(34)22(19)24(32-23)30-15-6-4-14(5-7-15)12-20(33)29-16-8-10-35-11-9-16/h1-7,13,16,20,28-29,33-34H,8-12H2,(H,30,31,32). The highest BCUT2D eigenvalue weighted by Crippen LogP contribution is 2.34. The lowest BCUT2D eigenvalue weighted by molar-refractivity contribution is 0.0496. The molecule has 0 spiro atoms. The molecular weight excluding hydrogens is 456 g/mol. The largest absolute Gasteiger partial charge is 0.494 e. The highest BCUT2D eigenvalue weighted by atomic mass is 19.1.